The Kier molecular flexibility index (Phi) is 7.67. The Balaban J connectivity index is 1.66. The van der Waals surface area contributed by atoms with E-state index in [1.165, 1.54) is 17.4 Å². The molecule has 0 bridgehead atoms. The van der Waals surface area contributed by atoms with Crippen molar-refractivity contribution in [3.05, 3.63) is 71.8 Å². The van der Waals surface area contributed by atoms with Crippen LogP contribution in [0.2, 0.25) is 0 Å². The number of nitrogens with one attached hydrogen (secondary N) is 2. The molecule has 0 saturated heterocycles. The molecule has 6 nitrogen and oxygen atoms in total. The van der Waals surface area contributed by atoms with Crippen LogP contribution in [0.3, 0.4) is 0 Å². The summed E-state index contributed by atoms with van der Waals surface area (Å²) in [6.45, 7) is 5.94. The molecule has 0 aliphatic rings. The molecule has 3 aromatic rings. The van der Waals surface area contributed by atoms with Crippen LogP contribution in [0.4, 0.5) is 5.13 Å². The smallest absolute Gasteiger partial charge is 0.249 e. The molecule has 0 fully saturated rings. The average Bonchev–Trinajstić information content (AvgIpc) is 3.25. The Bertz CT molecular complexity index is 1040. The normalized spacial score (nSPS) is 13.0. The number of aromatic nitrogens is 2. The quantitative estimate of drug-likeness (QED) is 0.504. The number of rotatable bonds is 8. The number of amides is 2. The third-order valence-corrected chi connectivity index (χ3v) is 5.86. The Hall–Kier alpha value is -3.32. The van der Waals surface area contributed by atoms with E-state index in [1.807, 2.05) is 75.4 Å². The predicted octanol–water partition coefficient (Wildman–Crippen LogP) is 4.70. The van der Waals surface area contributed by atoms with Crippen LogP contribution in [0.15, 0.2) is 60.7 Å². The van der Waals surface area contributed by atoms with E-state index in [2.05, 4.69) is 20.8 Å². The predicted molar refractivity (Wildman–Crippen MR) is 126 cm³/mol. The van der Waals surface area contributed by atoms with Crippen molar-refractivity contribution in [1.29, 1.82) is 0 Å². The lowest BCUT2D eigenvalue weighted by Gasteiger charge is -2.22. The van der Waals surface area contributed by atoms with Crippen LogP contribution in [-0.4, -0.2) is 28.1 Å². The molecule has 160 valence electrons. The third-order valence-electron chi connectivity index (χ3n) is 4.97. The summed E-state index contributed by atoms with van der Waals surface area (Å²) in [7, 11) is 0. The summed E-state index contributed by atoms with van der Waals surface area (Å²) in [5.41, 5.74) is 3.02. The fraction of sp³-hybridized carbons (Fsp3) is 0.250. The molecule has 0 saturated carbocycles. The second-order valence-electron chi connectivity index (χ2n) is 7.38. The summed E-state index contributed by atoms with van der Waals surface area (Å²) in [6.07, 6.45) is 3.91. The van der Waals surface area contributed by atoms with Gasteiger partial charge in [0.15, 0.2) is 0 Å². The van der Waals surface area contributed by atoms with Gasteiger partial charge in [-0.05, 0) is 24.5 Å². The topological polar surface area (TPSA) is 84.0 Å². The summed E-state index contributed by atoms with van der Waals surface area (Å²) in [5.74, 6) is -0.664. The maximum absolute atomic E-state index is 12.9. The molecule has 1 aromatic heterocycles. The molecule has 0 radical (unpaired) electrons. The molecular formula is C24H26N4O2S. The van der Waals surface area contributed by atoms with E-state index in [0.29, 0.717) is 5.13 Å². The first-order valence-corrected chi connectivity index (χ1v) is 11.0. The van der Waals surface area contributed by atoms with E-state index in [4.69, 9.17) is 0 Å². The minimum atomic E-state index is -0.676. The first kappa shape index (κ1) is 22.4. The number of aryl methyl sites for hydroxylation is 1. The molecule has 0 aliphatic heterocycles. The van der Waals surface area contributed by atoms with Crippen LogP contribution >= 0.6 is 11.3 Å². The molecule has 2 amide bonds. The van der Waals surface area contributed by atoms with Crippen molar-refractivity contribution in [3.63, 3.8) is 0 Å². The van der Waals surface area contributed by atoms with Gasteiger partial charge in [-0.1, -0.05) is 91.8 Å². The number of hydrogen-bond acceptors (Lipinski definition) is 5. The molecule has 1 heterocycles. The number of benzene rings is 2. The Morgan fingerprint density at radius 2 is 1.77 bits per heavy atom. The Labute approximate surface area is 186 Å². The van der Waals surface area contributed by atoms with Crippen molar-refractivity contribution in [1.82, 2.24) is 15.5 Å². The third kappa shape index (κ3) is 6.33. The average molecular weight is 435 g/mol. The van der Waals surface area contributed by atoms with E-state index in [1.54, 1.807) is 6.08 Å². The fourth-order valence-corrected chi connectivity index (χ4v) is 3.66. The first-order valence-electron chi connectivity index (χ1n) is 10.2. The van der Waals surface area contributed by atoms with Crippen LogP contribution in [-0.2, 0) is 9.59 Å². The van der Waals surface area contributed by atoms with E-state index < -0.39 is 6.04 Å². The van der Waals surface area contributed by atoms with Gasteiger partial charge in [0.05, 0.1) is 0 Å². The van der Waals surface area contributed by atoms with Gasteiger partial charge in [0, 0.05) is 11.6 Å². The van der Waals surface area contributed by atoms with E-state index in [-0.39, 0.29) is 17.7 Å². The highest BCUT2D eigenvalue weighted by molar-refractivity contribution is 7.18. The molecule has 2 aromatic carbocycles. The summed E-state index contributed by atoms with van der Waals surface area (Å²) in [5, 5.41) is 15.0. The fourth-order valence-electron chi connectivity index (χ4n) is 2.91. The minimum absolute atomic E-state index is 0.0430. The van der Waals surface area contributed by atoms with Crippen molar-refractivity contribution < 1.29 is 9.59 Å². The number of carbonyl (C=O) groups is 2. The van der Waals surface area contributed by atoms with Gasteiger partial charge in [-0.2, -0.15) is 0 Å². The maximum atomic E-state index is 12.9. The molecule has 2 N–H and O–H groups in total. The second kappa shape index (κ2) is 10.6. The standard InChI is InChI=1S/C24H26N4O2S/c1-4-17(3)21(25-20(29)15-12-18-8-6-5-7-9-18)22(30)26-24-28-27-23(31-24)19-13-10-16(2)11-14-19/h5-15,17,21H,4H2,1-3H3,(H,25,29)(H,26,28,30)/b15-12+. The highest BCUT2D eigenvalue weighted by Crippen LogP contribution is 2.26. The zero-order valence-corrected chi connectivity index (χ0v) is 18.6. The van der Waals surface area contributed by atoms with Gasteiger partial charge >= 0.3 is 0 Å². The lowest BCUT2D eigenvalue weighted by molar-refractivity contribution is -0.125. The van der Waals surface area contributed by atoms with Crippen LogP contribution in [0.1, 0.15) is 31.4 Å². The number of nitrogens with zero attached hydrogens (tertiary/aromatic N) is 2. The summed E-state index contributed by atoms with van der Waals surface area (Å²) in [6, 6.07) is 16.8. The number of anilines is 1. The zero-order valence-electron chi connectivity index (χ0n) is 17.8. The van der Waals surface area contributed by atoms with Crippen LogP contribution in [0.25, 0.3) is 16.6 Å². The molecule has 2 atom stereocenters. The second-order valence-corrected chi connectivity index (χ2v) is 8.36. The molecule has 7 heteroatoms. The van der Waals surface area contributed by atoms with Gasteiger partial charge in [-0.3, -0.25) is 14.9 Å². The van der Waals surface area contributed by atoms with E-state index in [0.717, 1.165) is 28.1 Å². The highest BCUT2D eigenvalue weighted by Gasteiger charge is 2.26. The monoisotopic (exact) mass is 434 g/mol. The number of carbonyl (C=O) groups excluding carboxylic acids is 2. The van der Waals surface area contributed by atoms with Gasteiger partial charge in [0.1, 0.15) is 11.0 Å². The molecule has 31 heavy (non-hydrogen) atoms. The minimum Gasteiger partial charge on any atom is -0.340 e. The molecule has 0 spiro atoms. The van der Waals surface area contributed by atoms with Crippen molar-refractivity contribution >= 4 is 34.4 Å². The first-order chi connectivity index (χ1) is 15.0. The Morgan fingerprint density at radius 3 is 2.45 bits per heavy atom. The van der Waals surface area contributed by atoms with Crippen molar-refractivity contribution in [3.8, 4) is 10.6 Å². The Morgan fingerprint density at radius 1 is 1.06 bits per heavy atom. The summed E-state index contributed by atoms with van der Waals surface area (Å²) >= 11 is 1.30. The van der Waals surface area contributed by atoms with Crippen molar-refractivity contribution in [2.75, 3.05) is 5.32 Å². The lowest BCUT2D eigenvalue weighted by Crippen LogP contribution is -2.47. The number of hydrogen-bond donors (Lipinski definition) is 2. The summed E-state index contributed by atoms with van der Waals surface area (Å²) in [4.78, 5) is 25.3. The van der Waals surface area contributed by atoms with Gasteiger partial charge < -0.3 is 5.32 Å². The molecular weight excluding hydrogens is 408 g/mol. The molecule has 0 aliphatic carbocycles. The SMILES string of the molecule is CCC(C)C(NC(=O)/C=C/c1ccccc1)C(=O)Nc1nnc(-c2ccc(C)cc2)s1. The maximum Gasteiger partial charge on any atom is 0.249 e. The lowest BCUT2D eigenvalue weighted by atomic mass is 9.98. The molecule has 2 unspecified atom stereocenters. The van der Waals surface area contributed by atoms with Crippen molar-refractivity contribution in [2.24, 2.45) is 5.92 Å². The van der Waals surface area contributed by atoms with Crippen LogP contribution in [0, 0.1) is 12.8 Å². The van der Waals surface area contributed by atoms with Gasteiger partial charge in [-0.25, -0.2) is 0 Å². The van der Waals surface area contributed by atoms with Crippen molar-refractivity contribution in [2.45, 2.75) is 33.2 Å². The highest BCUT2D eigenvalue weighted by atomic mass is 32.1. The van der Waals surface area contributed by atoms with Gasteiger partial charge in [0.2, 0.25) is 16.9 Å². The van der Waals surface area contributed by atoms with Crippen LogP contribution in [0.5, 0.6) is 0 Å². The van der Waals surface area contributed by atoms with E-state index >= 15 is 0 Å². The van der Waals surface area contributed by atoms with Gasteiger partial charge in [0.25, 0.3) is 0 Å². The molecule has 3 rings (SSSR count). The van der Waals surface area contributed by atoms with Gasteiger partial charge in [-0.15, -0.1) is 10.2 Å². The van der Waals surface area contributed by atoms with E-state index in [9.17, 15) is 9.59 Å². The largest absolute Gasteiger partial charge is 0.340 e. The van der Waals surface area contributed by atoms with Crippen LogP contribution < -0.4 is 10.6 Å². The summed E-state index contributed by atoms with van der Waals surface area (Å²) < 4.78 is 0. The zero-order chi connectivity index (χ0) is 22.2.